The average Bonchev–Trinajstić information content (AvgIpc) is 2.63. The fourth-order valence-electron chi connectivity index (χ4n) is 2.59. The Hall–Kier alpha value is -2.42. The van der Waals surface area contributed by atoms with Crippen molar-refractivity contribution in [2.24, 2.45) is 0 Å². The van der Waals surface area contributed by atoms with Gasteiger partial charge in [0.1, 0.15) is 0 Å². The van der Waals surface area contributed by atoms with Crippen LogP contribution in [0.5, 0.6) is 0 Å². The number of halogens is 1. The van der Waals surface area contributed by atoms with Crippen LogP contribution in [0, 0.1) is 0 Å². The first kappa shape index (κ1) is 17.9. The van der Waals surface area contributed by atoms with Crippen LogP contribution in [-0.2, 0) is 6.54 Å². The molecule has 0 heterocycles. The van der Waals surface area contributed by atoms with Gasteiger partial charge in [-0.2, -0.15) is 0 Å². The molecule has 3 aromatic carbocycles. The van der Waals surface area contributed by atoms with E-state index in [-0.39, 0.29) is 18.2 Å². The summed E-state index contributed by atoms with van der Waals surface area (Å²) in [6.07, 6.45) is 0. The third-order valence-electron chi connectivity index (χ3n) is 3.85. The third-order valence-corrected chi connectivity index (χ3v) is 3.85. The first-order valence-electron chi connectivity index (χ1n) is 7.71. The van der Waals surface area contributed by atoms with Crippen LogP contribution >= 0.6 is 12.4 Å². The van der Waals surface area contributed by atoms with Crippen LogP contribution in [0.2, 0.25) is 0 Å². The third kappa shape index (κ3) is 4.10. The SMILES string of the molecule is CNCc1ccc(-c2ccc(C(=O)c3ccccc3)cc2)cc1.Cl. The summed E-state index contributed by atoms with van der Waals surface area (Å²) in [6.45, 7) is 0.866. The van der Waals surface area contributed by atoms with E-state index in [1.807, 2.05) is 61.6 Å². The highest BCUT2D eigenvalue weighted by atomic mass is 35.5. The molecule has 0 radical (unpaired) electrons. The average molecular weight is 338 g/mol. The molecule has 0 fully saturated rings. The van der Waals surface area contributed by atoms with Gasteiger partial charge < -0.3 is 5.32 Å². The molecule has 3 rings (SSSR count). The van der Waals surface area contributed by atoms with Gasteiger partial charge in [0.05, 0.1) is 0 Å². The smallest absolute Gasteiger partial charge is 0.193 e. The second kappa shape index (κ2) is 8.44. The molecule has 122 valence electrons. The van der Waals surface area contributed by atoms with Crippen molar-refractivity contribution in [1.29, 1.82) is 0 Å². The molecule has 0 unspecified atom stereocenters. The van der Waals surface area contributed by atoms with Gasteiger partial charge in [0.15, 0.2) is 5.78 Å². The predicted molar refractivity (Wildman–Crippen MR) is 102 cm³/mol. The Balaban J connectivity index is 0.00000208. The van der Waals surface area contributed by atoms with Crippen molar-refractivity contribution in [2.45, 2.75) is 6.54 Å². The summed E-state index contributed by atoms with van der Waals surface area (Å²) in [5.74, 6) is 0.0570. The van der Waals surface area contributed by atoms with Crippen molar-refractivity contribution < 1.29 is 4.79 Å². The first-order valence-corrected chi connectivity index (χ1v) is 7.71. The normalized spacial score (nSPS) is 10.0. The molecule has 3 aromatic rings. The molecule has 0 aliphatic carbocycles. The van der Waals surface area contributed by atoms with Gasteiger partial charge in [0, 0.05) is 17.7 Å². The summed E-state index contributed by atoms with van der Waals surface area (Å²) in [6, 6.07) is 25.6. The van der Waals surface area contributed by atoms with Crippen LogP contribution in [0.1, 0.15) is 21.5 Å². The largest absolute Gasteiger partial charge is 0.316 e. The Morgan fingerprint density at radius 2 is 1.25 bits per heavy atom. The van der Waals surface area contributed by atoms with E-state index in [0.717, 1.165) is 23.2 Å². The van der Waals surface area contributed by atoms with Crippen molar-refractivity contribution >= 4 is 18.2 Å². The van der Waals surface area contributed by atoms with Gasteiger partial charge in [-0.15, -0.1) is 12.4 Å². The number of hydrogen-bond donors (Lipinski definition) is 1. The zero-order chi connectivity index (χ0) is 16.1. The van der Waals surface area contributed by atoms with Gasteiger partial charge >= 0.3 is 0 Å². The molecule has 0 aromatic heterocycles. The van der Waals surface area contributed by atoms with Crippen molar-refractivity contribution in [3.05, 3.63) is 95.6 Å². The number of ketones is 1. The van der Waals surface area contributed by atoms with Crippen molar-refractivity contribution in [3.8, 4) is 11.1 Å². The van der Waals surface area contributed by atoms with Gasteiger partial charge in [0.25, 0.3) is 0 Å². The Morgan fingerprint density at radius 3 is 1.79 bits per heavy atom. The molecule has 24 heavy (non-hydrogen) atoms. The van der Waals surface area contributed by atoms with Crippen LogP contribution < -0.4 is 5.32 Å². The molecule has 0 amide bonds. The van der Waals surface area contributed by atoms with Crippen LogP contribution in [0.25, 0.3) is 11.1 Å². The molecule has 0 saturated carbocycles. The number of carbonyl (C=O) groups excluding carboxylic acids is 1. The second-order valence-electron chi connectivity index (χ2n) is 5.50. The number of rotatable bonds is 5. The van der Waals surface area contributed by atoms with Crippen LogP contribution in [0.4, 0.5) is 0 Å². The molecule has 1 N–H and O–H groups in total. The lowest BCUT2D eigenvalue weighted by molar-refractivity contribution is 0.103. The summed E-state index contributed by atoms with van der Waals surface area (Å²) < 4.78 is 0. The zero-order valence-electron chi connectivity index (χ0n) is 13.5. The molecule has 0 bridgehead atoms. The summed E-state index contributed by atoms with van der Waals surface area (Å²) in [7, 11) is 1.94. The lowest BCUT2D eigenvalue weighted by Gasteiger charge is -2.06. The Kier molecular flexibility index (Phi) is 6.30. The van der Waals surface area contributed by atoms with E-state index in [9.17, 15) is 4.79 Å². The minimum absolute atomic E-state index is 0. The van der Waals surface area contributed by atoms with Crippen LogP contribution in [-0.4, -0.2) is 12.8 Å². The number of nitrogens with one attached hydrogen (secondary N) is 1. The van der Waals surface area contributed by atoms with Crippen LogP contribution in [0.15, 0.2) is 78.9 Å². The van der Waals surface area contributed by atoms with E-state index in [1.54, 1.807) is 0 Å². The first-order chi connectivity index (χ1) is 11.3. The van der Waals surface area contributed by atoms with E-state index in [0.29, 0.717) is 5.56 Å². The van der Waals surface area contributed by atoms with E-state index in [1.165, 1.54) is 5.56 Å². The van der Waals surface area contributed by atoms with E-state index >= 15 is 0 Å². The maximum Gasteiger partial charge on any atom is 0.193 e. The van der Waals surface area contributed by atoms with Crippen molar-refractivity contribution in [2.75, 3.05) is 7.05 Å². The Morgan fingerprint density at radius 1 is 0.750 bits per heavy atom. The maximum absolute atomic E-state index is 12.4. The number of benzene rings is 3. The Bertz CT molecular complexity index is 780. The molecule has 0 aliphatic rings. The summed E-state index contributed by atoms with van der Waals surface area (Å²) >= 11 is 0. The fourth-order valence-corrected chi connectivity index (χ4v) is 2.59. The van der Waals surface area contributed by atoms with Gasteiger partial charge in [-0.3, -0.25) is 4.79 Å². The fraction of sp³-hybridized carbons (Fsp3) is 0.0952. The minimum atomic E-state index is 0. The van der Waals surface area contributed by atoms with Gasteiger partial charge in [-0.1, -0.05) is 78.9 Å². The Labute approximate surface area is 149 Å². The molecule has 3 heteroatoms. The monoisotopic (exact) mass is 337 g/mol. The summed E-state index contributed by atoms with van der Waals surface area (Å²) in [4.78, 5) is 12.4. The minimum Gasteiger partial charge on any atom is -0.316 e. The number of carbonyl (C=O) groups is 1. The quantitative estimate of drug-likeness (QED) is 0.682. The highest BCUT2D eigenvalue weighted by Gasteiger charge is 2.08. The highest BCUT2D eigenvalue weighted by Crippen LogP contribution is 2.21. The lowest BCUT2D eigenvalue weighted by Crippen LogP contribution is -2.04. The number of hydrogen-bond acceptors (Lipinski definition) is 2. The molecular formula is C21H20ClNO. The van der Waals surface area contributed by atoms with Gasteiger partial charge in [-0.05, 0) is 23.7 Å². The van der Waals surface area contributed by atoms with Gasteiger partial charge in [0.2, 0.25) is 0 Å². The van der Waals surface area contributed by atoms with Gasteiger partial charge in [-0.25, -0.2) is 0 Å². The summed E-state index contributed by atoms with van der Waals surface area (Å²) in [5.41, 5.74) is 4.96. The maximum atomic E-state index is 12.4. The zero-order valence-corrected chi connectivity index (χ0v) is 14.3. The van der Waals surface area contributed by atoms with Crippen LogP contribution in [0.3, 0.4) is 0 Å². The van der Waals surface area contributed by atoms with E-state index in [2.05, 4.69) is 29.6 Å². The van der Waals surface area contributed by atoms with Crippen molar-refractivity contribution in [1.82, 2.24) is 5.32 Å². The van der Waals surface area contributed by atoms with E-state index < -0.39 is 0 Å². The highest BCUT2D eigenvalue weighted by molar-refractivity contribution is 6.09. The molecular weight excluding hydrogens is 318 g/mol. The second-order valence-corrected chi connectivity index (χ2v) is 5.50. The predicted octanol–water partition coefficient (Wildman–Crippen LogP) is 4.73. The lowest BCUT2D eigenvalue weighted by atomic mass is 9.99. The molecule has 0 spiro atoms. The topological polar surface area (TPSA) is 29.1 Å². The van der Waals surface area contributed by atoms with E-state index in [4.69, 9.17) is 0 Å². The molecule has 0 atom stereocenters. The molecule has 0 saturated heterocycles. The summed E-state index contributed by atoms with van der Waals surface area (Å²) in [5, 5.41) is 3.14. The molecule has 2 nitrogen and oxygen atoms in total. The standard InChI is InChI=1S/C21H19NO.ClH/c1-22-15-16-7-9-17(10-8-16)18-11-13-20(14-12-18)21(23)19-5-3-2-4-6-19;/h2-14,22H,15H2,1H3;1H. The molecule has 0 aliphatic heterocycles. The van der Waals surface area contributed by atoms with Crippen molar-refractivity contribution in [3.63, 3.8) is 0 Å².